The lowest BCUT2D eigenvalue weighted by molar-refractivity contribution is 0.461. The Morgan fingerprint density at radius 2 is 1.40 bits per heavy atom. The van der Waals surface area contributed by atoms with Gasteiger partial charge in [0.1, 0.15) is 27.6 Å². The molecule has 0 saturated heterocycles. The van der Waals surface area contributed by atoms with Gasteiger partial charge in [0.15, 0.2) is 5.58 Å². The summed E-state index contributed by atoms with van der Waals surface area (Å²) >= 11 is 5.02. The first kappa shape index (κ1) is 24.6. The Bertz CT molecular complexity index is 2190. The van der Waals surface area contributed by atoms with Gasteiger partial charge in [-0.15, -0.1) is 34.0 Å². The first-order valence-corrected chi connectivity index (χ1v) is 16.7. The second-order valence-corrected chi connectivity index (χ2v) is 16.1. The summed E-state index contributed by atoms with van der Waals surface area (Å²) in [5.74, 6) is 1.50. The van der Waals surface area contributed by atoms with Crippen molar-refractivity contribution >= 4 is 76.9 Å². The maximum Gasteiger partial charge on any atom is 0.276 e. The molecule has 0 unspecified atom stereocenters. The molecule has 1 aromatic carbocycles. The second-order valence-electron chi connectivity index (χ2n) is 10.3. The van der Waals surface area contributed by atoms with Gasteiger partial charge in [-0.05, 0) is 64.1 Å². The van der Waals surface area contributed by atoms with Crippen molar-refractivity contribution in [1.82, 2.24) is 4.31 Å². The molecular formula is C30H23NO5S4. The average molecular weight is 606 g/mol. The van der Waals surface area contributed by atoms with Gasteiger partial charge in [-0.1, -0.05) is 0 Å². The molecule has 7 aromatic rings. The van der Waals surface area contributed by atoms with E-state index < -0.39 is 10.0 Å². The number of aryl methyl sites for hydroxylation is 4. The van der Waals surface area contributed by atoms with Crippen LogP contribution in [0.4, 0.5) is 0 Å². The first-order valence-electron chi connectivity index (χ1n) is 12.8. The molecule has 0 atom stereocenters. The maximum atomic E-state index is 12.9. The molecule has 40 heavy (non-hydrogen) atoms. The van der Waals surface area contributed by atoms with Crippen LogP contribution in [0.3, 0.4) is 0 Å². The van der Waals surface area contributed by atoms with E-state index in [0.717, 1.165) is 69.3 Å². The molecule has 0 radical (unpaired) electrons. The molecule has 6 nitrogen and oxygen atoms in total. The predicted octanol–water partition coefficient (Wildman–Crippen LogP) is 9.48. The molecule has 0 bridgehead atoms. The lowest BCUT2D eigenvalue weighted by Crippen LogP contribution is -2.18. The second kappa shape index (κ2) is 8.20. The van der Waals surface area contributed by atoms with Crippen LogP contribution in [-0.2, 0) is 16.6 Å². The minimum atomic E-state index is -3.63. The molecule has 1 aliphatic heterocycles. The zero-order valence-electron chi connectivity index (χ0n) is 22.3. The Kier molecular flexibility index (Phi) is 5.05. The van der Waals surface area contributed by atoms with Crippen molar-refractivity contribution in [3.8, 4) is 31.5 Å². The fourth-order valence-corrected chi connectivity index (χ4v) is 9.98. The van der Waals surface area contributed by atoms with E-state index in [-0.39, 0.29) is 5.09 Å². The summed E-state index contributed by atoms with van der Waals surface area (Å²) in [7, 11) is -2.05. The highest BCUT2D eigenvalue weighted by Gasteiger charge is 2.40. The molecule has 0 N–H and O–H groups in total. The maximum absolute atomic E-state index is 12.9. The summed E-state index contributed by atoms with van der Waals surface area (Å²) < 4.78 is 46.4. The third-order valence-corrected chi connectivity index (χ3v) is 12.5. The summed E-state index contributed by atoms with van der Waals surface area (Å²) in [6.45, 7) is 8.50. The summed E-state index contributed by atoms with van der Waals surface area (Å²) in [4.78, 5) is 6.46. The van der Waals surface area contributed by atoms with Crippen LogP contribution in [0.25, 0.3) is 64.4 Å². The molecule has 7 heterocycles. The summed E-state index contributed by atoms with van der Waals surface area (Å²) in [6, 6.07) is 12.7. The number of furan rings is 3. The number of fused-ring (bicyclic) bond motifs is 5. The summed E-state index contributed by atoms with van der Waals surface area (Å²) in [5.41, 5.74) is 4.96. The van der Waals surface area contributed by atoms with Crippen molar-refractivity contribution in [2.45, 2.75) is 39.3 Å². The Morgan fingerprint density at radius 3 is 2.02 bits per heavy atom. The SMILES string of the molecule is Cc1cc2c(-c3ccc(C)s3)c3oc(-c4sc(C)c5c6c(oc45)S(=O)(=O)N(C)C6)cc3c(-c3ccc(C)s3)c2o1. The number of thiophene rings is 3. The van der Waals surface area contributed by atoms with E-state index in [2.05, 4.69) is 50.2 Å². The molecule has 6 aromatic heterocycles. The molecule has 202 valence electrons. The monoisotopic (exact) mass is 605 g/mol. The highest BCUT2D eigenvalue weighted by Crippen LogP contribution is 2.52. The van der Waals surface area contributed by atoms with Crippen LogP contribution in [0.1, 0.15) is 26.0 Å². The zero-order chi connectivity index (χ0) is 27.7. The molecule has 0 saturated carbocycles. The quantitative estimate of drug-likeness (QED) is 0.200. The number of hydrogen-bond acceptors (Lipinski definition) is 8. The lowest BCUT2D eigenvalue weighted by atomic mass is 9.99. The van der Waals surface area contributed by atoms with Crippen LogP contribution in [0.2, 0.25) is 0 Å². The van der Waals surface area contributed by atoms with E-state index in [4.69, 9.17) is 13.3 Å². The Labute approximate surface area is 242 Å². The summed E-state index contributed by atoms with van der Waals surface area (Å²) in [5, 5.41) is 2.90. The smallest absolute Gasteiger partial charge is 0.276 e. The highest BCUT2D eigenvalue weighted by atomic mass is 32.2. The van der Waals surface area contributed by atoms with Crippen molar-refractivity contribution < 1.29 is 21.7 Å². The molecule has 0 aliphatic carbocycles. The lowest BCUT2D eigenvalue weighted by Gasteiger charge is -2.07. The molecule has 10 heteroatoms. The molecule has 0 fully saturated rings. The fourth-order valence-electron chi connectivity index (χ4n) is 5.82. The van der Waals surface area contributed by atoms with Crippen LogP contribution in [-0.4, -0.2) is 19.8 Å². The largest absolute Gasteiger partial charge is 0.461 e. The fraction of sp³-hybridized carbons (Fsp3) is 0.200. The minimum Gasteiger partial charge on any atom is -0.461 e. The van der Waals surface area contributed by atoms with E-state index in [0.29, 0.717) is 17.9 Å². The van der Waals surface area contributed by atoms with Gasteiger partial charge in [0.05, 0.1) is 0 Å². The zero-order valence-corrected chi connectivity index (χ0v) is 25.6. The normalized spacial score (nSPS) is 15.3. The Morgan fingerprint density at radius 1 is 0.775 bits per heavy atom. The topological polar surface area (TPSA) is 76.8 Å². The van der Waals surface area contributed by atoms with E-state index in [1.165, 1.54) is 14.1 Å². The highest BCUT2D eigenvalue weighted by molar-refractivity contribution is 7.89. The van der Waals surface area contributed by atoms with Crippen LogP contribution < -0.4 is 0 Å². The third-order valence-electron chi connectivity index (χ3n) is 7.59. The Balaban J connectivity index is 1.48. The molecule has 0 amide bonds. The third kappa shape index (κ3) is 3.25. The van der Waals surface area contributed by atoms with Gasteiger partial charge in [0.25, 0.3) is 10.0 Å². The van der Waals surface area contributed by atoms with Gasteiger partial charge in [0, 0.05) is 70.8 Å². The van der Waals surface area contributed by atoms with Gasteiger partial charge >= 0.3 is 0 Å². The van der Waals surface area contributed by atoms with Crippen LogP contribution in [0.5, 0.6) is 0 Å². The van der Waals surface area contributed by atoms with Gasteiger partial charge in [-0.25, -0.2) is 8.42 Å². The summed E-state index contributed by atoms with van der Waals surface area (Å²) in [6.07, 6.45) is 0. The van der Waals surface area contributed by atoms with E-state index in [1.807, 2.05) is 13.8 Å². The van der Waals surface area contributed by atoms with Crippen molar-refractivity contribution in [2.24, 2.45) is 0 Å². The molecule has 1 aliphatic rings. The molecular weight excluding hydrogens is 583 g/mol. The molecule has 8 rings (SSSR count). The van der Waals surface area contributed by atoms with Crippen LogP contribution in [0, 0.1) is 27.7 Å². The van der Waals surface area contributed by atoms with Gasteiger partial charge in [-0.2, -0.15) is 4.31 Å². The number of nitrogens with zero attached hydrogens (tertiary/aromatic N) is 1. The standard InChI is InChI=1S/C30H23NO5S4/c1-13-10-17-24(21-8-6-14(2)37-21)27-18(25(26(17)34-13)22-9-7-15(3)38-22)11-20(35-27)29-28-23(16(4)39-29)19-12-31(5)40(32,33)30(19)36-28/h6-11H,12H2,1-5H3. The van der Waals surface area contributed by atoms with E-state index in [1.54, 1.807) is 41.1 Å². The van der Waals surface area contributed by atoms with E-state index in [9.17, 15) is 8.42 Å². The van der Waals surface area contributed by atoms with Gasteiger partial charge < -0.3 is 13.3 Å². The molecule has 0 spiro atoms. The van der Waals surface area contributed by atoms with Crippen molar-refractivity contribution in [1.29, 1.82) is 0 Å². The average Bonchev–Trinajstić information content (AvgIpc) is 3.72. The number of benzene rings is 1. The van der Waals surface area contributed by atoms with Crippen LogP contribution in [0.15, 0.2) is 54.7 Å². The van der Waals surface area contributed by atoms with E-state index >= 15 is 0 Å². The van der Waals surface area contributed by atoms with Gasteiger partial charge in [0.2, 0.25) is 5.09 Å². The number of sulfonamides is 1. The van der Waals surface area contributed by atoms with Gasteiger partial charge in [-0.3, -0.25) is 0 Å². The first-order chi connectivity index (χ1) is 19.1. The van der Waals surface area contributed by atoms with Crippen molar-refractivity contribution in [3.63, 3.8) is 0 Å². The Hall–Kier alpha value is -3.15. The van der Waals surface area contributed by atoms with Crippen molar-refractivity contribution in [3.05, 3.63) is 62.4 Å². The number of hydrogen-bond donors (Lipinski definition) is 0. The minimum absolute atomic E-state index is 0.0470. The van der Waals surface area contributed by atoms with Crippen LogP contribution >= 0.6 is 34.0 Å². The predicted molar refractivity (Wildman–Crippen MR) is 163 cm³/mol. The van der Waals surface area contributed by atoms with Crippen molar-refractivity contribution in [2.75, 3.05) is 7.05 Å². The number of rotatable bonds is 3.